The van der Waals surface area contributed by atoms with Gasteiger partial charge >= 0.3 is 0 Å². The van der Waals surface area contributed by atoms with Gasteiger partial charge in [-0.2, -0.15) is 10.5 Å². The predicted molar refractivity (Wildman–Crippen MR) is 102 cm³/mol. The van der Waals surface area contributed by atoms with E-state index in [0.29, 0.717) is 0 Å². The summed E-state index contributed by atoms with van der Waals surface area (Å²) in [6.45, 7) is 8.14. The van der Waals surface area contributed by atoms with E-state index in [-0.39, 0.29) is 26.4 Å². The maximum atomic E-state index is 10.1. The van der Waals surface area contributed by atoms with Gasteiger partial charge in [0.25, 0.3) is 5.79 Å². The van der Waals surface area contributed by atoms with Crippen molar-refractivity contribution in [1.29, 1.82) is 10.5 Å². The van der Waals surface area contributed by atoms with Gasteiger partial charge in [0, 0.05) is 32.0 Å². The van der Waals surface area contributed by atoms with Gasteiger partial charge in [0.1, 0.15) is 5.92 Å². The molecule has 0 aliphatic heterocycles. The lowest BCUT2D eigenvalue weighted by Gasteiger charge is -2.64. The molecule has 1 atom stereocenters. The second-order valence-corrected chi connectivity index (χ2v) is 6.12. The summed E-state index contributed by atoms with van der Waals surface area (Å²) >= 11 is 0. The molecule has 1 aliphatic carbocycles. The molecule has 0 spiro atoms. The van der Waals surface area contributed by atoms with Gasteiger partial charge in [-0.1, -0.05) is 30.0 Å². The molecular weight excluding hydrogens is 356 g/mol. The molecule has 0 saturated heterocycles. The maximum absolute atomic E-state index is 10.1. The molecule has 1 aromatic carbocycles. The van der Waals surface area contributed by atoms with Crippen LogP contribution in [0.15, 0.2) is 30.3 Å². The Morgan fingerprint density at radius 2 is 1.32 bits per heavy atom. The molecule has 0 radical (unpaired) electrons. The van der Waals surface area contributed by atoms with Gasteiger partial charge < -0.3 is 18.9 Å². The first-order valence-electron chi connectivity index (χ1n) is 9.52. The average molecular weight is 382 g/mol. The zero-order valence-electron chi connectivity index (χ0n) is 16.8. The van der Waals surface area contributed by atoms with Crippen LogP contribution in [0.2, 0.25) is 0 Å². The monoisotopic (exact) mass is 382 g/mol. The van der Waals surface area contributed by atoms with E-state index in [2.05, 4.69) is 24.0 Å². The number of rotatable bonds is 8. The SMILES string of the molecule is CCOC1(OCC)[C@H](C#Cc2ccccc2)C(C#N)(C#N)C1(OCC)OCC. The smallest absolute Gasteiger partial charge is 0.259 e. The van der Waals surface area contributed by atoms with Gasteiger partial charge in [-0.05, 0) is 39.8 Å². The summed E-state index contributed by atoms with van der Waals surface area (Å²) in [5.74, 6) is 2.02. The van der Waals surface area contributed by atoms with E-state index in [1.807, 2.05) is 44.2 Å². The van der Waals surface area contributed by atoms with Crippen LogP contribution in [0.25, 0.3) is 0 Å². The van der Waals surface area contributed by atoms with Crippen molar-refractivity contribution in [2.24, 2.45) is 11.3 Å². The van der Waals surface area contributed by atoms with E-state index < -0.39 is 22.9 Å². The van der Waals surface area contributed by atoms with E-state index in [1.54, 1.807) is 13.8 Å². The average Bonchev–Trinajstić information content (AvgIpc) is 2.71. The summed E-state index contributed by atoms with van der Waals surface area (Å²) in [6, 6.07) is 13.6. The molecule has 1 saturated carbocycles. The van der Waals surface area contributed by atoms with Crippen molar-refractivity contribution in [2.75, 3.05) is 26.4 Å². The minimum Gasteiger partial charge on any atom is -0.345 e. The van der Waals surface area contributed by atoms with Crippen molar-refractivity contribution >= 4 is 0 Å². The van der Waals surface area contributed by atoms with Crippen molar-refractivity contribution in [2.45, 2.75) is 39.3 Å². The third-order valence-corrected chi connectivity index (χ3v) is 4.69. The molecule has 28 heavy (non-hydrogen) atoms. The molecule has 148 valence electrons. The quantitative estimate of drug-likeness (QED) is 0.507. The highest BCUT2D eigenvalue weighted by Gasteiger charge is 2.87. The van der Waals surface area contributed by atoms with Crippen LogP contribution in [0.1, 0.15) is 33.3 Å². The third kappa shape index (κ3) is 3.08. The van der Waals surface area contributed by atoms with E-state index >= 15 is 0 Å². The molecule has 0 aromatic heterocycles. The minimum absolute atomic E-state index is 0.214. The van der Waals surface area contributed by atoms with Crippen molar-refractivity contribution in [1.82, 2.24) is 0 Å². The second-order valence-electron chi connectivity index (χ2n) is 6.12. The van der Waals surface area contributed by atoms with Gasteiger partial charge in [-0.15, -0.1) is 0 Å². The fourth-order valence-electron chi connectivity index (χ4n) is 3.75. The van der Waals surface area contributed by atoms with E-state index in [4.69, 9.17) is 18.9 Å². The molecular formula is C22H26N2O4. The predicted octanol–water partition coefficient (Wildman–Crippen LogP) is 3.24. The summed E-state index contributed by atoms with van der Waals surface area (Å²) in [4.78, 5) is 0. The fraction of sp³-hybridized carbons (Fsp3) is 0.545. The van der Waals surface area contributed by atoms with Gasteiger partial charge in [-0.25, -0.2) is 0 Å². The first-order chi connectivity index (χ1) is 13.6. The topological polar surface area (TPSA) is 84.5 Å². The summed E-state index contributed by atoms with van der Waals surface area (Å²) in [5, 5.41) is 20.1. The molecule has 0 heterocycles. The van der Waals surface area contributed by atoms with Crippen LogP contribution < -0.4 is 0 Å². The zero-order valence-corrected chi connectivity index (χ0v) is 16.8. The number of ether oxygens (including phenoxy) is 4. The lowest BCUT2D eigenvalue weighted by atomic mass is 9.51. The Morgan fingerprint density at radius 3 is 1.75 bits per heavy atom. The van der Waals surface area contributed by atoms with Crippen LogP contribution in [0, 0.1) is 45.8 Å². The third-order valence-electron chi connectivity index (χ3n) is 4.69. The molecule has 2 rings (SSSR count). The molecule has 6 nitrogen and oxygen atoms in total. The maximum Gasteiger partial charge on any atom is 0.259 e. The number of nitriles is 2. The van der Waals surface area contributed by atoms with Crippen molar-refractivity contribution in [3.63, 3.8) is 0 Å². The molecule has 6 heteroatoms. The van der Waals surface area contributed by atoms with Crippen LogP contribution in [-0.4, -0.2) is 38.0 Å². The number of benzene rings is 1. The van der Waals surface area contributed by atoms with Crippen LogP contribution in [0.5, 0.6) is 0 Å². The highest BCUT2D eigenvalue weighted by Crippen LogP contribution is 2.65. The van der Waals surface area contributed by atoms with Gasteiger partial charge in [0.15, 0.2) is 0 Å². The minimum atomic E-state index is -1.70. The first kappa shape index (κ1) is 21.9. The van der Waals surface area contributed by atoms with Crippen LogP contribution >= 0.6 is 0 Å². The molecule has 0 unspecified atom stereocenters. The van der Waals surface area contributed by atoms with E-state index in [1.165, 1.54) is 0 Å². The lowest BCUT2D eigenvalue weighted by molar-refractivity contribution is -0.503. The standard InChI is InChI=1S/C22H26N2O4/c1-5-25-21(26-6-2)19(15-14-18-12-10-9-11-13-18)20(16-23,17-24)22(21,27-7-3)28-8-4/h9-13,19H,5-8H2,1-4H3/t19-/m1/s1. The van der Waals surface area contributed by atoms with E-state index in [9.17, 15) is 10.5 Å². The Balaban J connectivity index is 2.70. The Bertz CT molecular complexity index is 772. The lowest BCUT2D eigenvalue weighted by Crippen LogP contribution is -2.84. The second kappa shape index (κ2) is 9.20. The Hall–Kier alpha value is -2.40. The molecule has 0 amide bonds. The van der Waals surface area contributed by atoms with Gasteiger partial charge in [0.05, 0.1) is 12.1 Å². The zero-order chi connectivity index (χ0) is 20.7. The Morgan fingerprint density at radius 1 is 0.821 bits per heavy atom. The summed E-state index contributed by atoms with van der Waals surface area (Å²) in [5.41, 5.74) is -0.940. The Kier molecular flexibility index (Phi) is 7.19. The van der Waals surface area contributed by atoms with Gasteiger partial charge in [0.2, 0.25) is 11.2 Å². The van der Waals surface area contributed by atoms with Crippen molar-refractivity contribution < 1.29 is 18.9 Å². The van der Waals surface area contributed by atoms with Crippen LogP contribution in [-0.2, 0) is 18.9 Å². The molecule has 1 aromatic rings. The summed E-state index contributed by atoms with van der Waals surface area (Å²) in [6.07, 6.45) is 0. The number of nitrogens with zero attached hydrogens (tertiary/aromatic N) is 2. The first-order valence-corrected chi connectivity index (χ1v) is 9.52. The van der Waals surface area contributed by atoms with Crippen LogP contribution in [0.4, 0.5) is 0 Å². The molecule has 1 aliphatic rings. The van der Waals surface area contributed by atoms with Crippen molar-refractivity contribution in [3.05, 3.63) is 35.9 Å². The normalized spacial score (nSPS) is 20.7. The Labute approximate surface area is 167 Å². The molecule has 0 N–H and O–H groups in total. The van der Waals surface area contributed by atoms with Gasteiger partial charge in [-0.3, -0.25) is 0 Å². The highest BCUT2D eigenvalue weighted by atomic mass is 16.8. The molecule has 0 bridgehead atoms. The fourth-order valence-corrected chi connectivity index (χ4v) is 3.75. The number of hydrogen-bond acceptors (Lipinski definition) is 6. The molecule has 1 fully saturated rings. The summed E-state index contributed by atoms with van der Waals surface area (Å²) < 4.78 is 23.9. The van der Waals surface area contributed by atoms with Crippen molar-refractivity contribution in [3.8, 4) is 24.0 Å². The highest BCUT2D eigenvalue weighted by molar-refractivity contribution is 5.45. The largest absolute Gasteiger partial charge is 0.345 e. The van der Waals surface area contributed by atoms with E-state index in [0.717, 1.165) is 5.56 Å². The number of hydrogen-bond donors (Lipinski definition) is 0. The van der Waals surface area contributed by atoms with Crippen LogP contribution in [0.3, 0.4) is 0 Å². The summed E-state index contributed by atoms with van der Waals surface area (Å²) in [7, 11) is 0.